The minimum atomic E-state index is -1.21. The highest BCUT2D eigenvalue weighted by Gasteiger charge is 2.49. The lowest BCUT2D eigenvalue weighted by molar-refractivity contribution is -0.139. The van der Waals surface area contributed by atoms with Crippen molar-refractivity contribution in [2.24, 2.45) is 0 Å². The molecule has 0 aliphatic carbocycles. The number of benzene rings is 2. The Hall–Kier alpha value is -3.19. The number of urea groups is 1. The van der Waals surface area contributed by atoms with Gasteiger partial charge >= 0.3 is 6.03 Å². The maximum absolute atomic E-state index is 12.8. The van der Waals surface area contributed by atoms with Crippen LogP contribution in [0.5, 0.6) is 0 Å². The van der Waals surface area contributed by atoms with E-state index in [-0.39, 0.29) is 6.54 Å². The van der Waals surface area contributed by atoms with Crippen molar-refractivity contribution in [3.05, 3.63) is 71.8 Å². The van der Waals surface area contributed by atoms with E-state index < -0.39 is 23.4 Å². The Kier molecular flexibility index (Phi) is 5.23. The molecule has 1 unspecified atom stereocenters. The van der Waals surface area contributed by atoms with E-state index in [2.05, 4.69) is 10.7 Å². The molecule has 1 atom stereocenters. The van der Waals surface area contributed by atoms with Gasteiger partial charge in [0.15, 0.2) is 0 Å². The summed E-state index contributed by atoms with van der Waals surface area (Å²) in [5.74, 6) is -0.952. The lowest BCUT2D eigenvalue weighted by Crippen LogP contribution is -2.50. The molecule has 0 bridgehead atoms. The van der Waals surface area contributed by atoms with E-state index in [0.717, 1.165) is 10.6 Å². The zero-order valence-corrected chi connectivity index (χ0v) is 15.3. The summed E-state index contributed by atoms with van der Waals surface area (Å²) in [6, 6.07) is 18.0. The monoisotopic (exact) mass is 366 g/mol. The van der Waals surface area contributed by atoms with Crippen LogP contribution in [0.25, 0.3) is 0 Å². The molecule has 4 amide bonds. The molecule has 2 N–H and O–H groups in total. The Morgan fingerprint density at radius 1 is 1.07 bits per heavy atom. The van der Waals surface area contributed by atoms with Crippen LogP contribution >= 0.6 is 0 Å². The van der Waals surface area contributed by atoms with Gasteiger partial charge in [-0.25, -0.2) is 4.79 Å². The summed E-state index contributed by atoms with van der Waals surface area (Å²) in [5.41, 5.74) is 2.93. The van der Waals surface area contributed by atoms with Crippen molar-refractivity contribution in [3.8, 4) is 0 Å². The van der Waals surface area contributed by atoms with Crippen molar-refractivity contribution in [3.63, 3.8) is 0 Å². The fraction of sp³-hybridized carbons (Fsp3) is 0.250. The number of nitrogens with zero attached hydrogens (tertiary/aromatic N) is 2. The average molecular weight is 366 g/mol. The smallest absolute Gasteiger partial charge is 0.318 e. The second-order valence-electron chi connectivity index (χ2n) is 6.75. The van der Waals surface area contributed by atoms with Gasteiger partial charge in [-0.3, -0.25) is 19.9 Å². The van der Waals surface area contributed by atoms with Crippen LogP contribution in [-0.2, 0) is 21.7 Å². The minimum absolute atomic E-state index is 0.0496. The van der Waals surface area contributed by atoms with E-state index >= 15 is 0 Å². The Bertz CT molecular complexity index is 841. The Morgan fingerprint density at radius 3 is 2.30 bits per heavy atom. The molecule has 7 nitrogen and oxygen atoms in total. The first-order valence-electron chi connectivity index (χ1n) is 8.64. The topological polar surface area (TPSA) is 81.8 Å². The van der Waals surface area contributed by atoms with Crippen LogP contribution in [0.15, 0.2) is 60.7 Å². The number of hydrogen-bond donors (Lipinski definition) is 2. The minimum Gasteiger partial charge on any atom is -0.318 e. The van der Waals surface area contributed by atoms with Gasteiger partial charge in [-0.15, -0.1) is 0 Å². The Balaban J connectivity index is 1.62. The van der Waals surface area contributed by atoms with Crippen LogP contribution in [0, 0.1) is 0 Å². The van der Waals surface area contributed by atoms with Gasteiger partial charge in [-0.2, -0.15) is 5.01 Å². The van der Waals surface area contributed by atoms with Crippen LogP contribution < -0.4 is 10.7 Å². The number of rotatable bonds is 6. The molecular weight excluding hydrogens is 344 g/mol. The van der Waals surface area contributed by atoms with Gasteiger partial charge in [0, 0.05) is 6.54 Å². The Morgan fingerprint density at radius 2 is 1.67 bits per heavy atom. The van der Waals surface area contributed by atoms with Gasteiger partial charge in [-0.05, 0) is 25.1 Å². The molecule has 1 aliphatic rings. The van der Waals surface area contributed by atoms with Crippen LogP contribution in [0.4, 0.5) is 4.79 Å². The highest BCUT2D eigenvalue weighted by Crippen LogP contribution is 2.27. The molecule has 0 aromatic heterocycles. The SMILES string of the molecule is CN(CC(=O)NN1C(=O)NC(C)(c2ccccc2)C1=O)Cc1ccccc1. The number of amides is 4. The highest BCUT2D eigenvalue weighted by molar-refractivity contribution is 6.08. The molecule has 2 aromatic rings. The molecule has 0 radical (unpaired) electrons. The second-order valence-corrected chi connectivity index (χ2v) is 6.75. The molecule has 0 saturated carbocycles. The molecule has 1 saturated heterocycles. The number of hydrogen-bond acceptors (Lipinski definition) is 4. The second kappa shape index (κ2) is 7.59. The molecular formula is C20H22N4O3. The third-order valence-electron chi connectivity index (χ3n) is 4.49. The molecule has 1 fully saturated rings. The van der Waals surface area contributed by atoms with Crippen molar-refractivity contribution in [2.75, 3.05) is 13.6 Å². The van der Waals surface area contributed by atoms with Gasteiger partial charge in [0.1, 0.15) is 5.54 Å². The van der Waals surface area contributed by atoms with E-state index in [1.807, 2.05) is 36.4 Å². The number of hydrazine groups is 1. The highest BCUT2D eigenvalue weighted by atomic mass is 16.2. The molecule has 2 aromatic carbocycles. The number of carbonyl (C=O) groups is 3. The maximum atomic E-state index is 12.8. The number of imide groups is 1. The quantitative estimate of drug-likeness (QED) is 0.761. The van der Waals surface area contributed by atoms with Gasteiger partial charge < -0.3 is 5.32 Å². The van der Waals surface area contributed by atoms with E-state index in [9.17, 15) is 14.4 Å². The predicted octanol–water partition coefficient (Wildman–Crippen LogP) is 1.62. The van der Waals surface area contributed by atoms with Crippen molar-refractivity contribution < 1.29 is 14.4 Å². The number of carbonyl (C=O) groups excluding carboxylic acids is 3. The van der Waals surface area contributed by atoms with E-state index in [0.29, 0.717) is 12.1 Å². The normalized spacial score (nSPS) is 19.3. The molecule has 140 valence electrons. The first-order chi connectivity index (χ1) is 12.9. The van der Waals surface area contributed by atoms with Gasteiger partial charge in [-0.1, -0.05) is 60.7 Å². The lowest BCUT2D eigenvalue weighted by Gasteiger charge is -2.22. The molecule has 1 aliphatic heterocycles. The summed E-state index contributed by atoms with van der Waals surface area (Å²) in [6.07, 6.45) is 0. The van der Waals surface area contributed by atoms with E-state index in [1.165, 1.54) is 0 Å². The largest absolute Gasteiger partial charge is 0.344 e. The van der Waals surface area contributed by atoms with Crippen molar-refractivity contribution >= 4 is 17.8 Å². The summed E-state index contributed by atoms with van der Waals surface area (Å²) in [5, 5.41) is 3.41. The average Bonchev–Trinajstić information content (AvgIpc) is 2.87. The summed E-state index contributed by atoms with van der Waals surface area (Å²) >= 11 is 0. The summed E-state index contributed by atoms with van der Waals surface area (Å²) in [6.45, 7) is 2.25. The standard InChI is InChI=1S/C20H22N4O3/c1-20(16-11-7-4-8-12-16)18(26)24(19(27)21-20)22-17(25)14-23(2)13-15-9-5-3-6-10-15/h3-12H,13-14H2,1-2H3,(H,21,27)(H,22,25). The van der Waals surface area contributed by atoms with Crippen molar-refractivity contribution in [2.45, 2.75) is 19.0 Å². The predicted molar refractivity (Wildman–Crippen MR) is 100 cm³/mol. The molecule has 3 rings (SSSR count). The summed E-state index contributed by atoms with van der Waals surface area (Å²) < 4.78 is 0. The summed E-state index contributed by atoms with van der Waals surface area (Å²) in [7, 11) is 1.80. The summed E-state index contributed by atoms with van der Waals surface area (Å²) in [4.78, 5) is 39.1. The lowest BCUT2D eigenvalue weighted by atomic mass is 9.92. The number of likely N-dealkylation sites (N-methyl/N-ethyl adjacent to an activating group) is 1. The molecule has 1 heterocycles. The van der Waals surface area contributed by atoms with Gasteiger partial charge in [0.25, 0.3) is 11.8 Å². The van der Waals surface area contributed by atoms with Crippen LogP contribution in [0.2, 0.25) is 0 Å². The zero-order chi connectivity index (χ0) is 19.4. The first kappa shape index (κ1) is 18.6. The molecule has 0 spiro atoms. The van der Waals surface area contributed by atoms with Gasteiger partial charge in [0.05, 0.1) is 6.54 Å². The third-order valence-corrected chi connectivity index (χ3v) is 4.49. The van der Waals surface area contributed by atoms with Crippen LogP contribution in [-0.4, -0.2) is 41.3 Å². The van der Waals surface area contributed by atoms with Gasteiger partial charge in [0.2, 0.25) is 0 Å². The zero-order valence-electron chi connectivity index (χ0n) is 15.3. The Labute approximate surface area is 157 Å². The molecule has 27 heavy (non-hydrogen) atoms. The fourth-order valence-electron chi connectivity index (χ4n) is 3.06. The van der Waals surface area contributed by atoms with E-state index in [1.54, 1.807) is 43.1 Å². The van der Waals surface area contributed by atoms with Crippen molar-refractivity contribution in [1.82, 2.24) is 20.7 Å². The van der Waals surface area contributed by atoms with E-state index in [4.69, 9.17) is 0 Å². The van der Waals surface area contributed by atoms with Crippen molar-refractivity contribution in [1.29, 1.82) is 0 Å². The fourth-order valence-corrected chi connectivity index (χ4v) is 3.06. The van der Waals surface area contributed by atoms with Crippen LogP contribution in [0.1, 0.15) is 18.1 Å². The van der Waals surface area contributed by atoms with Crippen LogP contribution in [0.3, 0.4) is 0 Å². The maximum Gasteiger partial charge on any atom is 0.344 e. The number of nitrogens with one attached hydrogen (secondary N) is 2. The molecule has 7 heteroatoms. The first-order valence-corrected chi connectivity index (χ1v) is 8.64. The third kappa shape index (κ3) is 3.98.